The van der Waals surface area contributed by atoms with Crippen LogP contribution in [0.3, 0.4) is 0 Å². The highest BCUT2D eigenvalue weighted by atomic mass is 19.1. The van der Waals surface area contributed by atoms with Gasteiger partial charge in [0.1, 0.15) is 5.82 Å². The third-order valence-corrected chi connectivity index (χ3v) is 3.45. The van der Waals surface area contributed by atoms with E-state index in [4.69, 9.17) is 10.9 Å². The van der Waals surface area contributed by atoms with E-state index < -0.39 is 0 Å². The van der Waals surface area contributed by atoms with Gasteiger partial charge in [-0.1, -0.05) is 5.16 Å². The largest absolute Gasteiger partial charge is 0.409 e. The van der Waals surface area contributed by atoms with E-state index >= 15 is 0 Å². The van der Waals surface area contributed by atoms with Gasteiger partial charge in [-0.3, -0.25) is 0 Å². The van der Waals surface area contributed by atoms with Crippen molar-refractivity contribution in [2.45, 2.75) is 32.2 Å². The molecule has 18 heavy (non-hydrogen) atoms. The van der Waals surface area contributed by atoms with E-state index in [9.17, 15) is 4.39 Å². The van der Waals surface area contributed by atoms with E-state index in [1.807, 2.05) is 0 Å². The quantitative estimate of drug-likeness (QED) is 0.367. The lowest BCUT2D eigenvalue weighted by Gasteiger charge is -2.36. The van der Waals surface area contributed by atoms with Crippen molar-refractivity contribution in [1.29, 1.82) is 0 Å². The SMILES string of the molecule is CC1CCCCN1c1ccc(F)cc1C(N)=NO. The van der Waals surface area contributed by atoms with Gasteiger partial charge < -0.3 is 15.8 Å². The lowest BCUT2D eigenvalue weighted by Crippen LogP contribution is -2.38. The maximum Gasteiger partial charge on any atom is 0.172 e. The number of anilines is 1. The number of amidine groups is 1. The Labute approximate surface area is 106 Å². The molecule has 0 saturated carbocycles. The molecule has 1 saturated heterocycles. The van der Waals surface area contributed by atoms with Crippen molar-refractivity contribution in [2.24, 2.45) is 10.9 Å². The fourth-order valence-electron chi connectivity index (χ4n) is 2.47. The second kappa shape index (κ2) is 5.25. The smallest absolute Gasteiger partial charge is 0.172 e. The van der Waals surface area contributed by atoms with Gasteiger partial charge in [0, 0.05) is 23.8 Å². The van der Waals surface area contributed by atoms with E-state index in [1.54, 1.807) is 6.07 Å². The van der Waals surface area contributed by atoms with Crippen molar-refractivity contribution in [3.05, 3.63) is 29.6 Å². The molecule has 1 atom stereocenters. The van der Waals surface area contributed by atoms with Crippen molar-refractivity contribution in [2.75, 3.05) is 11.4 Å². The molecule has 0 aliphatic carbocycles. The molecule has 1 unspecified atom stereocenters. The predicted octanol–water partition coefficient (Wildman–Crippen LogP) is 2.30. The molecule has 98 valence electrons. The minimum atomic E-state index is -0.384. The summed E-state index contributed by atoms with van der Waals surface area (Å²) in [6.07, 6.45) is 3.42. The zero-order chi connectivity index (χ0) is 13.1. The Morgan fingerprint density at radius 1 is 1.50 bits per heavy atom. The van der Waals surface area contributed by atoms with Gasteiger partial charge >= 0.3 is 0 Å². The third-order valence-electron chi connectivity index (χ3n) is 3.45. The van der Waals surface area contributed by atoms with Gasteiger partial charge in [-0.25, -0.2) is 4.39 Å². The number of benzene rings is 1. The normalized spacial score (nSPS) is 21.1. The fourth-order valence-corrected chi connectivity index (χ4v) is 2.47. The van der Waals surface area contributed by atoms with Gasteiger partial charge in [0.25, 0.3) is 0 Å². The van der Waals surface area contributed by atoms with Crippen LogP contribution in [-0.4, -0.2) is 23.6 Å². The minimum Gasteiger partial charge on any atom is -0.409 e. The molecular weight excluding hydrogens is 233 g/mol. The number of piperidine rings is 1. The Balaban J connectivity index is 2.42. The van der Waals surface area contributed by atoms with Crippen molar-refractivity contribution < 1.29 is 9.60 Å². The molecule has 0 amide bonds. The van der Waals surface area contributed by atoms with Gasteiger partial charge in [0.15, 0.2) is 5.84 Å². The first-order valence-corrected chi connectivity index (χ1v) is 6.17. The fraction of sp³-hybridized carbons (Fsp3) is 0.462. The lowest BCUT2D eigenvalue weighted by atomic mass is 10.0. The number of rotatable bonds is 2. The molecule has 5 heteroatoms. The van der Waals surface area contributed by atoms with Crippen LogP contribution in [0.4, 0.5) is 10.1 Å². The topological polar surface area (TPSA) is 61.8 Å². The number of hydrogen-bond acceptors (Lipinski definition) is 3. The van der Waals surface area contributed by atoms with Crippen molar-refractivity contribution in [3.8, 4) is 0 Å². The molecule has 0 radical (unpaired) electrons. The van der Waals surface area contributed by atoms with Crippen LogP contribution in [-0.2, 0) is 0 Å². The Bertz CT molecular complexity index is 462. The second-order valence-corrected chi connectivity index (χ2v) is 4.68. The molecule has 0 spiro atoms. The average molecular weight is 251 g/mol. The third kappa shape index (κ3) is 2.39. The molecule has 0 aromatic heterocycles. The molecule has 1 heterocycles. The zero-order valence-electron chi connectivity index (χ0n) is 10.4. The molecule has 1 fully saturated rings. The summed E-state index contributed by atoms with van der Waals surface area (Å²) in [5.74, 6) is -0.438. The summed E-state index contributed by atoms with van der Waals surface area (Å²) in [6, 6.07) is 4.80. The van der Waals surface area contributed by atoms with Gasteiger partial charge in [-0.2, -0.15) is 0 Å². The molecule has 1 aliphatic rings. The predicted molar refractivity (Wildman–Crippen MR) is 69.6 cm³/mol. The molecule has 3 N–H and O–H groups in total. The summed E-state index contributed by atoms with van der Waals surface area (Å²) in [6.45, 7) is 3.05. The van der Waals surface area contributed by atoms with Crippen LogP contribution in [0.5, 0.6) is 0 Å². The maximum atomic E-state index is 13.3. The zero-order valence-corrected chi connectivity index (χ0v) is 10.4. The summed E-state index contributed by atoms with van der Waals surface area (Å²) in [4.78, 5) is 2.19. The second-order valence-electron chi connectivity index (χ2n) is 4.68. The monoisotopic (exact) mass is 251 g/mol. The standard InChI is InChI=1S/C13H18FN3O/c1-9-4-2-3-7-17(9)12-6-5-10(14)8-11(12)13(15)16-18/h5-6,8-9,18H,2-4,7H2,1H3,(H2,15,16). The van der Waals surface area contributed by atoms with E-state index in [2.05, 4.69) is 17.0 Å². The number of nitrogens with zero attached hydrogens (tertiary/aromatic N) is 2. The molecule has 0 bridgehead atoms. The number of hydrogen-bond donors (Lipinski definition) is 2. The number of nitrogens with two attached hydrogens (primary N) is 1. The van der Waals surface area contributed by atoms with Crippen LogP contribution in [0.1, 0.15) is 31.7 Å². The molecule has 2 rings (SSSR count). The van der Waals surface area contributed by atoms with Crippen LogP contribution < -0.4 is 10.6 Å². The molecule has 1 aromatic carbocycles. The van der Waals surface area contributed by atoms with E-state index in [-0.39, 0.29) is 11.7 Å². The van der Waals surface area contributed by atoms with Gasteiger partial charge in [0.2, 0.25) is 0 Å². The first-order valence-electron chi connectivity index (χ1n) is 6.17. The highest BCUT2D eigenvalue weighted by molar-refractivity contribution is 6.02. The summed E-state index contributed by atoms with van der Waals surface area (Å²) in [5.41, 5.74) is 6.91. The minimum absolute atomic E-state index is 0.0535. The van der Waals surface area contributed by atoms with Gasteiger partial charge in [0.05, 0.1) is 0 Å². The summed E-state index contributed by atoms with van der Waals surface area (Å²) >= 11 is 0. The first-order chi connectivity index (χ1) is 8.63. The number of halogens is 1. The van der Waals surface area contributed by atoms with Crippen LogP contribution in [0.2, 0.25) is 0 Å². The van der Waals surface area contributed by atoms with E-state index in [1.165, 1.54) is 18.6 Å². The lowest BCUT2D eigenvalue weighted by molar-refractivity contribution is 0.318. The van der Waals surface area contributed by atoms with Crippen LogP contribution >= 0.6 is 0 Å². The molecular formula is C13H18FN3O. The van der Waals surface area contributed by atoms with E-state index in [0.717, 1.165) is 25.1 Å². The summed E-state index contributed by atoms with van der Waals surface area (Å²) in [7, 11) is 0. The Hall–Kier alpha value is -1.78. The Morgan fingerprint density at radius 3 is 2.94 bits per heavy atom. The number of oxime groups is 1. The maximum absolute atomic E-state index is 13.3. The van der Waals surface area contributed by atoms with Gasteiger partial charge in [-0.05, 0) is 44.4 Å². The van der Waals surface area contributed by atoms with Crippen molar-refractivity contribution >= 4 is 11.5 Å². The Morgan fingerprint density at radius 2 is 2.28 bits per heavy atom. The first kappa shape index (κ1) is 12.7. The van der Waals surface area contributed by atoms with Crippen LogP contribution in [0.25, 0.3) is 0 Å². The average Bonchev–Trinajstić information content (AvgIpc) is 2.39. The molecule has 4 nitrogen and oxygen atoms in total. The van der Waals surface area contributed by atoms with Crippen molar-refractivity contribution in [1.82, 2.24) is 0 Å². The van der Waals surface area contributed by atoms with Crippen molar-refractivity contribution in [3.63, 3.8) is 0 Å². The highest BCUT2D eigenvalue weighted by Gasteiger charge is 2.22. The van der Waals surface area contributed by atoms with Crippen LogP contribution in [0.15, 0.2) is 23.4 Å². The summed E-state index contributed by atoms with van der Waals surface area (Å²) in [5, 5.41) is 11.8. The van der Waals surface area contributed by atoms with E-state index in [0.29, 0.717) is 11.6 Å². The highest BCUT2D eigenvalue weighted by Crippen LogP contribution is 2.28. The van der Waals surface area contributed by atoms with Crippen LogP contribution in [0, 0.1) is 5.82 Å². The Kier molecular flexibility index (Phi) is 3.69. The molecule has 1 aromatic rings. The summed E-state index contributed by atoms with van der Waals surface area (Å²) < 4.78 is 13.3. The van der Waals surface area contributed by atoms with Gasteiger partial charge in [-0.15, -0.1) is 0 Å². The molecule has 1 aliphatic heterocycles.